The molecule has 1 fully saturated rings. The van der Waals surface area contributed by atoms with Gasteiger partial charge in [0.1, 0.15) is 0 Å². The molecule has 1 saturated heterocycles. The molecule has 1 aliphatic heterocycles. The Bertz CT molecular complexity index is 746. The van der Waals surface area contributed by atoms with Gasteiger partial charge in [0.25, 0.3) is 5.22 Å². The van der Waals surface area contributed by atoms with Gasteiger partial charge in [-0.25, -0.2) is 4.79 Å². The molecule has 0 radical (unpaired) electrons. The number of carbonyl (C=O) groups is 2. The zero-order valence-corrected chi connectivity index (χ0v) is 13.6. The average molecular weight is 332 g/mol. The first-order valence-electron chi connectivity index (χ1n) is 7.21. The zero-order valence-electron chi connectivity index (χ0n) is 12.8. The normalized spacial score (nSPS) is 15.6. The van der Waals surface area contributed by atoms with Crippen LogP contribution >= 0.6 is 11.8 Å². The van der Waals surface area contributed by atoms with Crippen LogP contribution in [0.25, 0.3) is 11.5 Å². The third-order valence-electron chi connectivity index (χ3n) is 3.53. The molecule has 1 N–H and O–H groups in total. The van der Waals surface area contributed by atoms with Crippen molar-refractivity contribution >= 4 is 23.7 Å². The van der Waals surface area contributed by atoms with Crippen LogP contribution in [0.3, 0.4) is 0 Å². The fraction of sp³-hybridized carbons (Fsp3) is 0.333. The Kier molecular flexibility index (Phi) is 4.33. The summed E-state index contributed by atoms with van der Waals surface area (Å²) in [5, 5.41) is 10.4. The fourth-order valence-electron chi connectivity index (χ4n) is 2.28. The average Bonchev–Trinajstić information content (AvgIpc) is 3.16. The molecule has 23 heavy (non-hydrogen) atoms. The molecule has 1 aliphatic rings. The molecular weight excluding hydrogens is 316 g/mol. The molecule has 1 atom stereocenters. The predicted octanol–water partition coefficient (Wildman–Crippen LogP) is 2.08. The maximum absolute atomic E-state index is 12.2. The molecular formula is C15H16N4O3S. The van der Waals surface area contributed by atoms with Crippen molar-refractivity contribution in [2.45, 2.75) is 24.3 Å². The number of carbonyl (C=O) groups excluding carboxylic acids is 2. The minimum Gasteiger partial charge on any atom is -0.411 e. The molecule has 3 rings (SSSR count). The summed E-state index contributed by atoms with van der Waals surface area (Å²) < 4.78 is 5.63. The summed E-state index contributed by atoms with van der Waals surface area (Å²) in [6.07, 6.45) is 0. The second kappa shape index (κ2) is 6.41. The summed E-state index contributed by atoms with van der Waals surface area (Å²) in [4.78, 5) is 25.0. The molecule has 120 valence electrons. The van der Waals surface area contributed by atoms with E-state index in [0.29, 0.717) is 24.2 Å². The Morgan fingerprint density at radius 3 is 2.87 bits per heavy atom. The number of thioether (sulfide) groups is 1. The number of urea groups is 1. The van der Waals surface area contributed by atoms with Gasteiger partial charge in [0, 0.05) is 18.7 Å². The SMILES string of the molecule is Cc1ccccc1-c1nnc(S[C@H](C)C(=O)N2CCNC2=O)o1. The van der Waals surface area contributed by atoms with E-state index in [1.54, 1.807) is 6.92 Å². The first kappa shape index (κ1) is 15.5. The molecule has 8 heteroatoms. The van der Waals surface area contributed by atoms with Crippen LogP contribution in [0.2, 0.25) is 0 Å². The number of nitrogens with one attached hydrogen (secondary N) is 1. The Morgan fingerprint density at radius 1 is 1.39 bits per heavy atom. The van der Waals surface area contributed by atoms with Crippen molar-refractivity contribution in [3.8, 4) is 11.5 Å². The van der Waals surface area contributed by atoms with Crippen LogP contribution in [0.5, 0.6) is 0 Å². The van der Waals surface area contributed by atoms with Gasteiger partial charge in [0.05, 0.1) is 5.25 Å². The number of nitrogens with zero attached hydrogens (tertiary/aromatic N) is 3. The molecule has 0 unspecified atom stereocenters. The minimum atomic E-state index is -0.482. The third-order valence-corrected chi connectivity index (χ3v) is 4.45. The third kappa shape index (κ3) is 3.21. The lowest BCUT2D eigenvalue weighted by Gasteiger charge is -2.15. The van der Waals surface area contributed by atoms with Gasteiger partial charge in [-0.05, 0) is 25.5 Å². The summed E-state index contributed by atoms with van der Waals surface area (Å²) >= 11 is 1.15. The minimum absolute atomic E-state index is 0.263. The van der Waals surface area contributed by atoms with Crippen LogP contribution in [0, 0.1) is 6.92 Å². The maximum atomic E-state index is 12.2. The van der Waals surface area contributed by atoms with E-state index < -0.39 is 5.25 Å². The van der Waals surface area contributed by atoms with Gasteiger partial charge in [-0.1, -0.05) is 30.0 Å². The molecule has 3 amide bonds. The van der Waals surface area contributed by atoms with Crippen LogP contribution in [0.15, 0.2) is 33.9 Å². The molecule has 7 nitrogen and oxygen atoms in total. The predicted molar refractivity (Wildman–Crippen MR) is 84.9 cm³/mol. The smallest absolute Gasteiger partial charge is 0.324 e. The monoisotopic (exact) mass is 332 g/mol. The number of hydrogen-bond donors (Lipinski definition) is 1. The van der Waals surface area contributed by atoms with Crippen LogP contribution < -0.4 is 5.32 Å². The summed E-state index contributed by atoms with van der Waals surface area (Å²) in [7, 11) is 0. The van der Waals surface area contributed by atoms with Crippen molar-refractivity contribution in [1.29, 1.82) is 0 Å². The molecule has 0 spiro atoms. The van der Waals surface area contributed by atoms with E-state index in [0.717, 1.165) is 22.9 Å². The van der Waals surface area contributed by atoms with Gasteiger partial charge in [0.2, 0.25) is 11.8 Å². The van der Waals surface area contributed by atoms with Crippen LogP contribution in [0.1, 0.15) is 12.5 Å². The quantitative estimate of drug-likeness (QED) is 0.862. The van der Waals surface area contributed by atoms with Crippen molar-refractivity contribution in [2.75, 3.05) is 13.1 Å². The van der Waals surface area contributed by atoms with E-state index in [1.165, 1.54) is 4.90 Å². The summed E-state index contributed by atoms with van der Waals surface area (Å²) in [5.74, 6) is 0.157. The highest BCUT2D eigenvalue weighted by Crippen LogP contribution is 2.28. The second-order valence-corrected chi connectivity index (χ2v) is 6.46. The molecule has 2 heterocycles. The molecule has 2 aromatic rings. The molecule has 1 aromatic carbocycles. The highest BCUT2D eigenvalue weighted by molar-refractivity contribution is 8.00. The zero-order chi connectivity index (χ0) is 16.4. The van der Waals surface area contributed by atoms with Crippen molar-refractivity contribution in [1.82, 2.24) is 20.4 Å². The highest BCUT2D eigenvalue weighted by Gasteiger charge is 2.31. The summed E-state index contributed by atoms with van der Waals surface area (Å²) in [6.45, 7) is 4.56. The van der Waals surface area contributed by atoms with Crippen LogP contribution in [-0.4, -0.2) is 45.4 Å². The van der Waals surface area contributed by atoms with Gasteiger partial charge >= 0.3 is 6.03 Å². The first-order valence-corrected chi connectivity index (χ1v) is 8.09. The van der Waals surface area contributed by atoms with Crippen LogP contribution in [0.4, 0.5) is 4.79 Å². The lowest BCUT2D eigenvalue weighted by Crippen LogP contribution is -2.38. The number of rotatable bonds is 4. The number of benzene rings is 1. The number of aromatic nitrogens is 2. The molecule has 1 aromatic heterocycles. The lowest BCUT2D eigenvalue weighted by atomic mass is 10.1. The van der Waals surface area contributed by atoms with E-state index in [9.17, 15) is 9.59 Å². The first-order chi connectivity index (χ1) is 11.1. The standard InChI is InChI=1S/C15H16N4O3S/c1-9-5-3-4-6-11(9)12-17-18-15(22-12)23-10(2)13(20)19-8-7-16-14(19)21/h3-6,10H,7-8H2,1-2H3,(H,16,21)/t10-/m1/s1. The second-order valence-electron chi connectivity index (χ2n) is 5.17. The maximum Gasteiger partial charge on any atom is 0.324 e. The van der Waals surface area contributed by atoms with Gasteiger partial charge in [-0.2, -0.15) is 0 Å². The van der Waals surface area contributed by atoms with Crippen molar-refractivity contribution in [2.24, 2.45) is 0 Å². The van der Waals surface area contributed by atoms with E-state index in [4.69, 9.17) is 4.42 Å². The Labute approximate surface area is 137 Å². The van der Waals surface area contributed by atoms with E-state index >= 15 is 0 Å². The number of aryl methyl sites for hydroxylation is 1. The summed E-state index contributed by atoms with van der Waals surface area (Å²) in [6, 6.07) is 7.35. The van der Waals surface area contributed by atoms with E-state index in [2.05, 4.69) is 15.5 Å². The number of imide groups is 1. The van der Waals surface area contributed by atoms with Crippen molar-refractivity contribution in [3.05, 3.63) is 29.8 Å². The Hall–Kier alpha value is -2.35. The number of amides is 3. The fourth-order valence-corrected chi connectivity index (χ4v) is 3.03. The van der Waals surface area contributed by atoms with Gasteiger partial charge < -0.3 is 9.73 Å². The highest BCUT2D eigenvalue weighted by atomic mass is 32.2. The van der Waals surface area contributed by atoms with E-state index in [1.807, 2.05) is 31.2 Å². The van der Waals surface area contributed by atoms with Gasteiger partial charge in [-0.15, -0.1) is 10.2 Å². The van der Waals surface area contributed by atoms with Crippen molar-refractivity contribution in [3.63, 3.8) is 0 Å². The number of hydrogen-bond acceptors (Lipinski definition) is 6. The molecule has 0 saturated carbocycles. The van der Waals surface area contributed by atoms with Crippen LogP contribution in [-0.2, 0) is 4.79 Å². The molecule has 0 bridgehead atoms. The Balaban J connectivity index is 1.70. The van der Waals surface area contributed by atoms with Crippen molar-refractivity contribution < 1.29 is 14.0 Å². The lowest BCUT2D eigenvalue weighted by molar-refractivity contribution is -0.126. The molecule has 0 aliphatic carbocycles. The summed E-state index contributed by atoms with van der Waals surface area (Å²) in [5.41, 5.74) is 1.90. The van der Waals surface area contributed by atoms with Gasteiger partial charge in [0.15, 0.2) is 0 Å². The topological polar surface area (TPSA) is 88.3 Å². The largest absolute Gasteiger partial charge is 0.411 e. The van der Waals surface area contributed by atoms with E-state index in [-0.39, 0.29) is 11.9 Å². The van der Waals surface area contributed by atoms with Gasteiger partial charge in [-0.3, -0.25) is 9.69 Å². The Morgan fingerprint density at radius 2 is 2.17 bits per heavy atom.